The van der Waals surface area contributed by atoms with E-state index in [0.29, 0.717) is 0 Å². The smallest absolute Gasteiger partial charge is 0.00429 e. The van der Waals surface area contributed by atoms with Crippen LogP contribution in [-0.2, 0) is 0 Å². The van der Waals surface area contributed by atoms with E-state index in [1.54, 1.807) is 0 Å². The zero-order chi connectivity index (χ0) is 9.97. The van der Waals surface area contributed by atoms with Crippen LogP contribution in [-0.4, -0.2) is 6.54 Å². The van der Waals surface area contributed by atoms with Gasteiger partial charge in [0.05, 0.1) is 0 Å². The zero-order valence-corrected chi connectivity index (χ0v) is 8.61. The Balaban J connectivity index is 2.05. The minimum Gasteiger partial charge on any atom is -0.330 e. The van der Waals surface area contributed by atoms with E-state index in [-0.39, 0.29) is 0 Å². The summed E-state index contributed by atoms with van der Waals surface area (Å²) in [4.78, 5) is 0. The van der Waals surface area contributed by atoms with E-state index in [2.05, 4.69) is 37.3 Å². The lowest BCUT2D eigenvalue weighted by atomic mass is 10.1. The van der Waals surface area contributed by atoms with Crippen molar-refractivity contribution in [2.75, 3.05) is 6.54 Å². The molecule has 1 aliphatic rings. The standard InChI is InChI=1S/C13H17N/c1-10(13-8-12(13)9-14)7-11-5-3-2-4-6-11/h2-7,12-13H,8-9,14H2,1H3/b10-7-/t12-,13-/m0/s1. The first-order valence-electron chi connectivity index (χ1n) is 5.24. The molecule has 0 radical (unpaired) electrons. The van der Waals surface area contributed by atoms with Crippen molar-refractivity contribution in [2.24, 2.45) is 17.6 Å². The van der Waals surface area contributed by atoms with Crippen LogP contribution in [0.1, 0.15) is 18.9 Å². The van der Waals surface area contributed by atoms with Gasteiger partial charge in [-0.3, -0.25) is 0 Å². The summed E-state index contributed by atoms with van der Waals surface area (Å²) in [6.07, 6.45) is 3.56. The molecule has 0 aliphatic heterocycles. The minimum absolute atomic E-state index is 0.745. The quantitative estimate of drug-likeness (QED) is 0.773. The second-order valence-electron chi connectivity index (χ2n) is 4.14. The molecule has 2 atom stereocenters. The van der Waals surface area contributed by atoms with Gasteiger partial charge in [0.25, 0.3) is 0 Å². The van der Waals surface area contributed by atoms with Crippen LogP contribution in [0.4, 0.5) is 0 Å². The molecule has 0 aromatic heterocycles. The van der Waals surface area contributed by atoms with Gasteiger partial charge in [-0.25, -0.2) is 0 Å². The predicted octanol–water partition coefficient (Wildman–Crippen LogP) is 2.68. The Labute approximate surface area is 85.6 Å². The first kappa shape index (κ1) is 9.47. The van der Waals surface area contributed by atoms with Gasteiger partial charge in [-0.1, -0.05) is 42.0 Å². The van der Waals surface area contributed by atoms with Gasteiger partial charge >= 0.3 is 0 Å². The molecule has 1 aliphatic carbocycles. The van der Waals surface area contributed by atoms with Gasteiger partial charge in [-0.15, -0.1) is 0 Å². The van der Waals surface area contributed by atoms with Crippen molar-refractivity contribution in [3.05, 3.63) is 41.5 Å². The molecule has 0 saturated heterocycles. The second kappa shape index (κ2) is 3.97. The molecule has 1 aromatic carbocycles. The molecule has 1 fully saturated rings. The van der Waals surface area contributed by atoms with Crippen LogP contribution in [0.5, 0.6) is 0 Å². The third-order valence-corrected chi connectivity index (χ3v) is 3.00. The van der Waals surface area contributed by atoms with E-state index in [1.165, 1.54) is 17.6 Å². The first-order chi connectivity index (χ1) is 6.81. The molecule has 0 spiro atoms. The molecule has 2 rings (SSSR count). The molecule has 1 nitrogen and oxygen atoms in total. The Morgan fingerprint density at radius 3 is 2.71 bits per heavy atom. The zero-order valence-electron chi connectivity index (χ0n) is 8.61. The Morgan fingerprint density at radius 1 is 1.43 bits per heavy atom. The van der Waals surface area contributed by atoms with Crippen LogP contribution in [0.3, 0.4) is 0 Å². The molecule has 0 heterocycles. The van der Waals surface area contributed by atoms with Gasteiger partial charge < -0.3 is 5.73 Å². The van der Waals surface area contributed by atoms with Gasteiger partial charge in [0.2, 0.25) is 0 Å². The lowest BCUT2D eigenvalue weighted by molar-refractivity contribution is 0.778. The highest BCUT2D eigenvalue weighted by Gasteiger charge is 2.36. The molecule has 0 amide bonds. The monoisotopic (exact) mass is 187 g/mol. The first-order valence-corrected chi connectivity index (χ1v) is 5.24. The fourth-order valence-corrected chi connectivity index (χ4v) is 1.98. The summed E-state index contributed by atoms with van der Waals surface area (Å²) < 4.78 is 0. The predicted molar refractivity (Wildman–Crippen MR) is 60.7 cm³/mol. The van der Waals surface area contributed by atoms with Gasteiger partial charge in [-0.2, -0.15) is 0 Å². The van der Waals surface area contributed by atoms with Crippen molar-refractivity contribution >= 4 is 6.08 Å². The largest absolute Gasteiger partial charge is 0.330 e. The lowest BCUT2D eigenvalue weighted by Crippen LogP contribution is -2.02. The van der Waals surface area contributed by atoms with E-state index in [1.807, 2.05) is 6.07 Å². The van der Waals surface area contributed by atoms with Crippen molar-refractivity contribution in [3.8, 4) is 0 Å². The summed E-state index contributed by atoms with van der Waals surface area (Å²) in [6.45, 7) is 3.05. The summed E-state index contributed by atoms with van der Waals surface area (Å²) in [7, 11) is 0. The van der Waals surface area contributed by atoms with E-state index < -0.39 is 0 Å². The molecule has 1 aromatic rings. The molecule has 74 valence electrons. The van der Waals surface area contributed by atoms with Crippen LogP contribution < -0.4 is 5.73 Å². The van der Waals surface area contributed by atoms with E-state index in [0.717, 1.165) is 18.4 Å². The summed E-state index contributed by atoms with van der Waals surface area (Å²) >= 11 is 0. The number of hydrogen-bond donors (Lipinski definition) is 1. The number of rotatable bonds is 3. The summed E-state index contributed by atoms with van der Waals surface area (Å²) in [5, 5.41) is 0. The van der Waals surface area contributed by atoms with E-state index >= 15 is 0 Å². The summed E-state index contributed by atoms with van der Waals surface area (Å²) in [5.74, 6) is 1.50. The molecular weight excluding hydrogens is 170 g/mol. The molecule has 2 N–H and O–H groups in total. The minimum atomic E-state index is 0.745. The van der Waals surface area contributed by atoms with Crippen molar-refractivity contribution in [3.63, 3.8) is 0 Å². The fraction of sp³-hybridized carbons (Fsp3) is 0.385. The Hall–Kier alpha value is -1.08. The maximum atomic E-state index is 5.63. The summed E-state index contributed by atoms with van der Waals surface area (Å²) in [6, 6.07) is 10.5. The highest BCUT2D eigenvalue weighted by atomic mass is 14.6. The van der Waals surface area contributed by atoms with Crippen LogP contribution in [0.2, 0.25) is 0 Å². The molecular formula is C13H17N. The van der Waals surface area contributed by atoms with E-state index in [4.69, 9.17) is 5.73 Å². The van der Waals surface area contributed by atoms with Crippen LogP contribution in [0.25, 0.3) is 6.08 Å². The van der Waals surface area contributed by atoms with Crippen molar-refractivity contribution in [1.82, 2.24) is 0 Å². The maximum absolute atomic E-state index is 5.63. The average molecular weight is 187 g/mol. The highest BCUT2D eigenvalue weighted by molar-refractivity contribution is 5.53. The number of hydrogen-bond acceptors (Lipinski definition) is 1. The number of allylic oxidation sites excluding steroid dienone is 1. The number of benzene rings is 1. The van der Waals surface area contributed by atoms with Gasteiger partial charge in [0.15, 0.2) is 0 Å². The molecule has 1 saturated carbocycles. The van der Waals surface area contributed by atoms with Crippen LogP contribution in [0, 0.1) is 11.8 Å². The Kier molecular flexibility index (Phi) is 2.69. The van der Waals surface area contributed by atoms with E-state index in [9.17, 15) is 0 Å². The topological polar surface area (TPSA) is 26.0 Å². The van der Waals surface area contributed by atoms with Gasteiger partial charge in [-0.05, 0) is 37.3 Å². The molecule has 0 bridgehead atoms. The number of nitrogens with two attached hydrogens (primary N) is 1. The van der Waals surface area contributed by atoms with Crippen molar-refractivity contribution in [2.45, 2.75) is 13.3 Å². The summed E-state index contributed by atoms with van der Waals surface area (Å²) in [5.41, 5.74) is 8.41. The van der Waals surface area contributed by atoms with Gasteiger partial charge in [0.1, 0.15) is 0 Å². The normalized spacial score (nSPS) is 26.3. The fourth-order valence-electron chi connectivity index (χ4n) is 1.98. The third kappa shape index (κ3) is 2.05. The van der Waals surface area contributed by atoms with Crippen LogP contribution in [0.15, 0.2) is 35.9 Å². The Bertz CT molecular complexity index is 326. The van der Waals surface area contributed by atoms with Crippen LogP contribution >= 0.6 is 0 Å². The third-order valence-electron chi connectivity index (χ3n) is 3.00. The second-order valence-corrected chi connectivity index (χ2v) is 4.14. The molecule has 14 heavy (non-hydrogen) atoms. The highest BCUT2D eigenvalue weighted by Crippen LogP contribution is 2.43. The maximum Gasteiger partial charge on any atom is -0.00429 e. The average Bonchev–Trinajstić information content (AvgIpc) is 2.98. The van der Waals surface area contributed by atoms with Crippen molar-refractivity contribution in [1.29, 1.82) is 0 Å². The molecule has 1 heteroatoms. The lowest BCUT2D eigenvalue weighted by Gasteiger charge is -1.99. The molecule has 0 unspecified atom stereocenters. The van der Waals surface area contributed by atoms with Gasteiger partial charge in [0, 0.05) is 0 Å². The van der Waals surface area contributed by atoms with Crippen molar-refractivity contribution < 1.29 is 0 Å². The SMILES string of the molecule is C/C(=C/c1ccccc1)[C@@H]1C[C@H]1CN. The Morgan fingerprint density at radius 2 is 2.14 bits per heavy atom.